The van der Waals surface area contributed by atoms with E-state index in [1.807, 2.05) is 27.7 Å². The quantitative estimate of drug-likeness (QED) is 0.206. The van der Waals surface area contributed by atoms with Gasteiger partial charge in [-0.2, -0.15) is 0 Å². The number of carbonyl (C=O) groups excluding carboxylic acids is 4. The summed E-state index contributed by atoms with van der Waals surface area (Å²) in [6.45, 7) is 16.3. The van der Waals surface area contributed by atoms with E-state index in [-0.39, 0.29) is 30.0 Å². The van der Waals surface area contributed by atoms with Crippen LogP contribution in [0.5, 0.6) is 0 Å². The van der Waals surface area contributed by atoms with Crippen LogP contribution < -0.4 is 23.0 Å². The van der Waals surface area contributed by atoms with Crippen LogP contribution in [0.15, 0.2) is 34.0 Å². The van der Waals surface area contributed by atoms with Gasteiger partial charge in [0.05, 0.1) is 33.6 Å². The number of nitrogens with zero attached hydrogens (tertiary/aromatic N) is 4. The summed E-state index contributed by atoms with van der Waals surface area (Å²) in [6.07, 6.45) is 4.72. The van der Waals surface area contributed by atoms with Crippen molar-refractivity contribution in [1.82, 2.24) is 20.4 Å². The molecule has 0 saturated heterocycles. The number of rotatable bonds is 5. The maximum absolute atomic E-state index is 13.3. The van der Waals surface area contributed by atoms with Crippen LogP contribution in [0, 0.1) is 55.4 Å². The molecule has 14 nitrogen and oxygen atoms in total. The highest BCUT2D eigenvalue weighted by atomic mass is 35.5. The molecular weight excluding hydrogens is 835 g/mol. The van der Waals surface area contributed by atoms with Crippen molar-refractivity contribution in [2.45, 2.75) is 118 Å². The lowest BCUT2D eigenvalue weighted by Crippen LogP contribution is -3.00. The van der Waals surface area contributed by atoms with Gasteiger partial charge in [-0.15, -0.1) is 0 Å². The van der Waals surface area contributed by atoms with Crippen LogP contribution in [0.2, 0.25) is 0 Å². The summed E-state index contributed by atoms with van der Waals surface area (Å²) in [5, 5.41) is 24.9. The third-order valence-electron chi connectivity index (χ3n) is 12.4. The maximum Gasteiger partial charge on any atom is 0.414 e. The number of oxime groups is 2. The van der Waals surface area contributed by atoms with Gasteiger partial charge in [0.15, 0.2) is 0 Å². The standard InChI is InChI=1S/C23H31N3O4.C20H26N2O3.C3H6ClNO.ClH/c1-13-12-14(2)18(16(4)15(13)3)19-20(30-22(28)26(5)6)23(24-21(19)27)10-8-17(9-11-23)25-29-7;1-11-10-12(2)16(14(4)13(11)3)17-18(23)20(21-19(17)24)8-6-15(7-9-20)22-25-5;1-5(2)3(4)6;/h12H,8-11H2,1-7H3,(H,24,27);10,23H,6-9H2,1-5H3,(H,21,24);1-2H3;1H/p-1. The highest BCUT2D eigenvalue weighted by Crippen LogP contribution is 2.45. The molecule has 0 bridgehead atoms. The number of ether oxygens (including phenoxy) is 1. The summed E-state index contributed by atoms with van der Waals surface area (Å²) in [5.41, 5.74) is 11.9. The number of aliphatic hydroxyl groups excluding tert-OH is 1. The number of hydrogen-bond donors (Lipinski definition) is 3. The first-order chi connectivity index (χ1) is 28.6. The predicted molar refractivity (Wildman–Crippen MR) is 240 cm³/mol. The Hall–Kier alpha value is -5.08. The van der Waals surface area contributed by atoms with Crippen LogP contribution in [0.25, 0.3) is 11.1 Å². The Kier molecular flexibility index (Phi) is 17.3. The second-order valence-corrected chi connectivity index (χ2v) is 17.2. The number of aryl methyl sites for hydroxylation is 4. The summed E-state index contributed by atoms with van der Waals surface area (Å²) in [4.78, 5) is 60.9. The highest BCUT2D eigenvalue weighted by Gasteiger charge is 2.51. The fourth-order valence-electron chi connectivity index (χ4n) is 8.57. The fraction of sp³-hybridized carbons (Fsp3) is 0.522. The lowest BCUT2D eigenvalue weighted by atomic mass is 9.79. The topological polar surface area (TPSA) is 171 Å². The van der Waals surface area contributed by atoms with Crippen molar-refractivity contribution in [2.24, 2.45) is 10.3 Å². The molecule has 3 N–H and O–H groups in total. The van der Waals surface area contributed by atoms with Crippen molar-refractivity contribution in [3.05, 3.63) is 79.3 Å². The molecular formula is C46H63Cl2N6O8-. The zero-order chi connectivity index (χ0) is 45.7. The van der Waals surface area contributed by atoms with Crippen molar-refractivity contribution >= 4 is 57.4 Å². The average Bonchev–Trinajstić information content (AvgIpc) is 3.59. The first kappa shape index (κ1) is 51.3. The Balaban J connectivity index is 0.000000291. The van der Waals surface area contributed by atoms with Gasteiger partial charge in [-0.25, -0.2) is 4.79 Å². The van der Waals surface area contributed by atoms with Crippen molar-refractivity contribution in [3.63, 3.8) is 0 Å². The van der Waals surface area contributed by atoms with Gasteiger partial charge >= 0.3 is 11.5 Å². The van der Waals surface area contributed by atoms with E-state index >= 15 is 0 Å². The fourth-order valence-corrected chi connectivity index (χ4v) is 8.57. The third kappa shape index (κ3) is 10.6. The van der Waals surface area contributed by atoms with Gasteiger partial charge in [-0.3, -0.25) is 14.4 Å². The molecule has 2 spiro atoms. The zero-order valence-electron chi connectivity index (χ0n) is 38.7. The van der Waals surface area contributed by atoms with Gasteiger partial charge in [0.2, 0.25) is 0 Å². The molecule has 2 aromatic carbocycles. The Bertz CT molecular complexity index is 2210. The monoisotopic (exact) mass is 897 g/mol. The lowest BCUT2D eigenvalue weighted by Gasteiger charge is -2.35. The van der Waals surface area contributed by atoms with Crippen LogP contribution in [0.4, 0.5) is 9.59 Å². The summed E-state index contributed by atoms with van der Waals surface area (Å²) < 4.78 is 5.89. The van der Waals surface area contributed by atoms with E-state index in [1.54, 1.807) is 28.2 Å². The number of nitrogens with one attached hydrogen (secondary N) is 2. The molecule has 0 aromatic heterocycles. The smallest absolute Gasteiger partial charge is 0.414 e. The third-order valence-corrected chi connectivity index (χ3v) is 12.8. The van der Waals surface area contributed by atoms with Crippen molar-refractivity contribution in [3.8, 4) is 0 Å². The Labute approximate surface area is 377 Å². The molecule has 4 aliphatic rings. The minimum atomic E-state index is -0.720. The Morgan fingerprint density at radius 3 is 1.40 bits per heavy atom. The predicted octanol–water partition coefficient (Wildman–Crippen LogP) is 5.32. The van der Waals surface area contributed by atoms with Gasteiger partial charge in [-0.1, -0.05) is 22.4 Å². The molecule has 2 aromatic rings. The van der Waals surface area contributed by atoms with Gasteiger partial charge in [0, 0.05) is 28.2 Å². The molecule has 4 amide bonds. The van der Waals surface area contributed by atoms with Crippen molar-refractivity contribution in [2.75, 3.05) is 42.4 Å². The second kappa shape index (κ2) is 20.9. The number of amides is 4. The number of aliphatic hydroxyl groups is 1. The molecule has 2 heterocycles. The minimum Gasteiger partial charge on any atom is -1.00 e. The van der Waals surface area contributed by atoms with Crippen LogP contribution in [-0.4, -0.2) is 103 Å². The molecule has 2 saturated carbocycles. The van der Waals surface area contributed by atoms with Crippen molar-refractivity contribution in [1.29, 1.82) is 0 Å². The van der Waals surface area contributed by atoms with Crippen LogP contribution >= 0.6 is 11.6 Å². The van der Waals surface area contributed by atoms with E-state index < -0.39 is 22.5 Å². The van der Waals surface area contributed by atoms with E-state index in [0.717, 1.165) is 55.9 Å². The van der Waals surface area contributed by atoms with Crippen LogP contribution in [0.1, 0.15) is 107 Å². The first-order valence-corrected chi connectivity index (χ1v) is 20.9. The summed E-state index contributed by atoms with van der Waals surface area (Å²) >= 11 is 4.90. The van der Waals surface area contributed by atoms with E-state index in [9.17, 15) is 24.3 Å². The van der Waals surface area contributed by atoms with Gasteiger partial charge in [0.1, 0.15) is 25.7 Å². The molecule has 2 aliphatic heterocycles. The van der Waals surface area contributed by atoms with Crippen LogP contribution in [-0.2, 0) is 24.0 Å². The van der Waals surface area contributed by atoms with E-state index in [2.05, 4.69) is 60.8 Å². The largest absolute Gasteiger partial charge is 1.00 e. The molecule has 0 unspecified atom stereocenters. The summed E-state index contributed by atoms with van der Waals surface area (Å²) in [6, 6.07) is 4.17. The second-order valence-electron chi connectivity index (χ2n) is 16.9. The van der Waals surface area contributed by atoms with Gasteiger partial charge < -0.3 is 52.4 Å². The lowest BCUT2D eigenvalue weighted by molar-refractivity contribution is -0.117. The Morgan fingerprint density at radius 2 is 1.02 bits per heavy atom. The SMILES string of the molecule is CN(C)C(=O)Cl.CON=C1CCC2(CC1)NC(=O)C(c1c(C)cc(C)c(C)c1C)=C2O.CON=C1CCC2(CC1)NC(=O)C(c1c(C)cc(C)c(C)c1C)=C2OC(=O)N(C)C.[Cl-]. The summed E-state index contributed by atoms with van der Waals surface area (Å²) in [5.74, 6) is 0.234. The molecule has 0 radical (unpaired) electrons. The molecule has 340 valence electrons. The van der Waals surface area contributed by atoms with E-state index in [0.29, 0.717) is 68.3 Å². The zero-order valence-corrected chi connectivity index (χ0v) is 40.2. The van der Waals surface area contributed by atoms with Crippen molar-refractivity contribution < 1.29 is 51.1 Å². The number of benzene rings is 2. The minimum absolute atomic E-state index is 0. The molecule has 2 aliphatic carbocycles. The average molecular weight is 899 g/mol. The Morgan fingerprint density at radius 1 is 0.645 bits per heavy atom. The maximum atomic E-state index is 13.3. The van der Waals surface area contributed by atoms with E-state index in [1.165, 1.54) is 35.1 Å². The van der Waals surface area contributed by atoms with Crippen LogP contribution in [0.3, 0.4) is 0 Å². The highest BCUT2D eigenvalue weighted by molar-refractivity contribution is 6.62. The summed E-state index contributed by atoms with van der Waals surface area (Å²) in [7, 11) is 9.52. The normalized spacial score (nSPS) is 20.3. The number of halogens is 2. The number of carbonyl (C=O) groups is 4. The number of hydrogen-bond acceptors (Lipinski definition) is 10. The molecule has 2 fully saturated rings. The molecule has 6 rings (SSSR count). The first-order valence-electron chi connectivity index (χ1n) is 20.5. The van der Waals surface area contributed by atoms with Gasteiger partial charge in [-0.05, 0) is 174 Å². The van der Waals surface area contributed by atoms with Gasteiger partial charge in [0.25, 0.3) is 11.8 Å². The molecule has 0 atom stereocenters. The molecule has 62 heavy (non-hydrogen) atoms. The molecule has 16 heteroatoms. The van der Waals surface area contributed by atoms with E-state index in [4.69, 9.17) is 26.0 Å².